The van der Waals surface area contributed by atoms with Crippen LogP contribution in [0.25, 0.3) is 22.8 Å². The molecular formula is C25H22N2O5S. The van der Waals surface area contributed by atoms with E-state index in [1.165, 1.54) is 11.3 Å². The standard InChI is InChI=1S/C25H22N2O5S/c28-24(29)14-23-27-20(16-33-23)22-11-10-21(32-22)18-6-8-19(9-7-18)25(30)26-12-13-31-15-17-4-2-1-3-5-17/h1-11,16H,12-15H2,(H,26,30)(H,28,29). The average Bonchev–Trinajstić information content (AvgIpc) is 3.49. The van der Waals surface area contributed by atoms with Gasteiger partial charge in [0.25, 0.3) is 5.91 Å². The minimum absolute atomic E-state index is 0.110. The molecule has 0 saturated carbocycles. The van der Waals surface area contributed by atoms with Crippen LogP contribution in [0, 0.1) is 0 Å². The molecule has 0 aliphatic rings. The molecule has 1 amide bonds. The summed E-state index contributed by atoms with van der Waals surface area (Å²) in [6.07, 6.45) is -0.110. The van der Waals surface area contributed by atoms with Crippen LogP contribution in [0.15, 0.2) is 76.5 Å². The molecular weight excluding hydrogens is 440 g/mol. The molecule has 0 saturated heterocycles. The summed E-state index contributed by atoms with van der Waals surface area (Å²) < 4.78 is 11.5. The van der Waals surface area contributed by atoms with E-state index < -0.39 is 5.97 Å². The molecule has 2 N–H and O–H groups in total. The van der Waals surface area contributed by atoms with Gasteiger partial charge in [-0.05, 0) is 29.8 Å². The Balaban J connectivity index is 1.28. The summed E-state index contributed by atoms with van der Waals surface area (Å²) in [7, 11) is 0. The third kappa shape index (κ3) is 6.15. The number of thiazole rings is 1. The molecule has 0 aliphatic carbocycles. The van der Waals surface area contributed by atoms with Gasteiger partial charge >= 0.3 is 5.97 Å². The van der Waals surface area contributed by atoms with Crippen molar-refractivity contribution in [3.05, 3.63) is 88.2 Å². The van der Waals surface area contributed by atoms with Gasteiger partial charge in [0.2, 0.25) is 0 Å². The Labute approximate surface area is 194 Å². The zero-order chi connectivity index (χ0) is 23.0. The van der Waals surface area contributed by atoms with Crippen molar-refractivity contribution in [2.45, 2.75) is 13.0 Å². The Morgan fingerprint density at radius 1 is 1.00 bits per heavy atom. The van der Waals surface area contributed by atoms with Crippen LogP contribution in [-0.4, -0.2) is 35.1 Å². The third-order valence-corrected chi connectivity index (χ3v) is 5.64. The molecule has 0 aliphatic heterocycles. The highest BCUT2D eigenvalue weighted by atomic mass is 32.1. The predicted molar refractivity (Wildman–Crippen MR) is 125 cm³/mol. The fourth-order valence-electron chi connectivity index (χ4n) is 3.15. The lowest BCUT2D eigenvalue weighted by atomic mass is 10.1. The number of rotatable bonds is 10. The number of furan rings is 1. The van der Waals surface area contributed by atoms with Crippen LogP contribution in [0.2, 0.25) is 0 Å². The van der Waals surface area contributed by atoms with Gasteiger partial charge in [0.1, 0.15) is 16.5 Å². The summed E-state index contributed by atoms with van der Waals surface area (Å²) >= 11 is 1.29. The zero-order valence-corrected chi connectivity index (χ0v) is 18.5. The van der Waals surface area contributed by atoms with E-state index in [9.17, 15) is 9.59 Å². The molecule has 0 spiro atoms. The van der Waals surface area contributed by atoms with Crippen molar-refractivity contribution >= 4 is 23.2 Å². The highest BCUT2D eigenvalue weighted by Crippen LogP contribution is 2.29. The molecule has 4 rings (SSSR count). The lowest BCUT2D eigenvalue weighted by Crippen LogP contribution is -2.27. The summed E-state index contributed by atoms with van der Waals surface area (Å²) in [5, 5.41) is 14.0. The van der Waals surface area contributed by atoms with E-state index in [-0.39, 0.29) is 12.3 Å². The fraction of sp³-hybridized carbons (Fsp3) is 0.160. The van der Waals surface area contributed by atoms with Gasteiger partial charge in [-0.1, -0.05) is 42.5 Å². The van der Waals surface area contributed by atoms with Crippen molar-refractivity contribution in [2.75, 3.05) is 13.2 Å². The van der Waals surface area contributed by atoms with Gasteiger partial charge in [-0.25, -0.2) is 4.98 Å². The molecule has 2 aromatic heterocycles. The van der Waals surface area contributed by atoms with E-state index in [4.69, 9.17) is 14.3 Å². The lowest BCUT2D eigenvalue weighted by molar-refractivity contribution is -0.136. The molecule has 0 fully saturated rings. The van der Waals surface area contributed by atoms with Crippen LogP contribution in [0.1, 0.15) is 20.9 Å². The number of carboxylic acids is 1. The zero-order valence-electron chi connectivity index (χ0n) is 17.7. The number of carboxylic acid groups (broad SMARTS) is 1. The predicted octanol–water partition coefficient (Wildman–Crippen LogP) is 4.64. The van der Waals surface area contributed by atoms with Gasteiger partial charge in [0.15, 0.2) is 5.76 Å². The number of ether oxygens (including phenoxy) is 1. The fourth-order valence-corrected chi connectivity index (χ4v) is 3.93. The third-order valence-electron chi connectivity index (χ3n) is 4.79. The van der Waals surface area contributed by atoms with Crippen LogP contribution in [-0.2, 0) is 22.6 Å². The first kappa shape index (κ1) is 22.4. The first-order valence-corrected chi connectivity index (χ1v) is 11.2. The van der Waals surface area contributed by atoms with Crippen molar-refractivity contribution in [3.8, 4) is 22.8 Å². The Hall–Kier alpha value is -3.75. The molecule has 0 unspecified atom stereocenters. The molecule has 0 radical (unpaired) electrons. The largest absolute Gasteiger partial charge is 0.481 e. The van der Waals surface area contributed by atoms with Gasteiger partial charge < -0.3 is 19.6 Å². The van der Waals surface area contributed by atoms with E-state index >= 15 is 0 Å². The number of aliphatic carboxylic acids is 1. The van der Waals surface area contributed by atoms with Crippen LogP contribution in [0.4, 0.5) is 0 Å². The minimum atomic E-state index is -0.917. The Morgan fingerprint density at radius 3 is 2.52 bits per heavy atom. The smallest absolute Gasteiger partial charge is 0.310 e. The van der Waals surface area contributed by atoms with Crippen molar-refractivity contribution in [1.82, 2.24) is 10.3 Å². The van der Waals surface area contributed by atoms with E-state index in [0.717, 1.165) is 11.1 Å². The van der Waals surface area contributed by atoms with Crippen molar-refractivity contribution < 1.29 is 23.8 Å². The number of aromatic nitrogens is 1. The number of hydrogen-bond donors (Lipinski definition) is 2. The number of nitrogens with one attached hydrogen (secondary N) is 1. The topological polar surface area (TPSA) is 102 Å². The van der Waals surface area contributed by atoms with Crippen molar-refractivity contribution in [2.24, 2.45) is 0 Å². The number of hydrogen-bond acceptors (Lipinski definition) is 6. The van der Waals surface area contributed by atoms with Crippen molar-refractivity contribution in [3.63, 3.8) is 0 Å². The van der Waals surface area contributed by atoms with Gasteiger partial charge in [-0.3, -0.25) is 9.59 Å². The van der Waals surface area contributed by atoms with Crippen LogP contribution in [0.3, 0.4) is 0 Å². The molecule has 168 valence electrons. The lowest BCUT2D eigenvalue weighted by Gasteiger charge is -2.07. The summed E-state index contributed by atoms with van der Waals surface area (Å²) in [4.78, 5) is 27.5. The Bertz CT molecular complexity index is 1220. The quantitative estimate of drug-likeness (QED) is 0.333. The maximum absolute atomic E-state index is 12.4. The van der Waals surface area contributed by atoms with E-state index in [0.29, 0.717) is 47.5 Å². The average molecular weight is 463 g/mol. The summed E-state index contributed by atoms with van der Waals surface area (Å²) in [5.74, 6) is 0.118. The van der Waals surface area contributed by atoms with Gasteiger partial charge in [-0.15, -0.1) is 11.3 Å². The molecule has 2 aromatic carbocycles. The first-order valence-electron chi connectivity index (χ1n) is 10.4. The molecule has 0 atom stereocenters. The summed E-state index contributed by atoms with van der Waals surface area (Å²) in [6, 6.07) is 20.6. The molecule has 0 bridgehead atoms. The van der Waals surface area contributed by atoms with Gasteiger partial charge in [0, 0.05) is 23.1 Å². The van der Waals surface area contributed by atoms with E-state index in [2.05, 4.69) is 10.3 Å². The first-order chi connectivity index (χ1) is 16.1. The molecule has 33 heavy (non-hydrogen) atoms. The number of benzene rings is 2. The van der Waals surface area contributed by atoms with Crippen LogP contribution in [0.5, 0.6) is 0 Å². The Morgan fingerprint density at radius 2 is 1.76 bits per heavy atom. The highest BCUT2D eigenvalue weighted by Gasteiger charge is 2.13. The monoisotopic (exact) mass is 462 g/mol. The molecule has 7 nitrogen and oxygen atoms in total. The molecule has 8 heteroatoms. The summed E-state index contributed by atoms with van der Waals surface area (Å²) in [5.41, 5.74) is 3.07. The maximum atomic E-state index is 12.4. The number of carbonyl (C=O) groups is 2. The van der Waals surface area contributed by atoms with Gasteiger partial charge in [0.05, 0.1) is 19.6 Å². The molecule has 2 heterocycles. The normalized spacial score (nSPS) is 10.8. The second kappa shape index (κ2) is 10.7. The van der Waals surface area contributed by atoms with Crippen LogP contribution >= 0.6 is 11.3 Å². The SMILES string of the molecule is O=C(O)Cc1nc(-c2ccc(-c3ccc(C(=O)NCCOCc4ccccc4)cc3)o2)cs1. The van der Waals surface area contributed by atoms with E-state index in [1.54, 1.807) is 23.6 Å². The minimum Gasteiger partial charge on any atom is -0.481 e. The maximum Gasteiger partial charge on any atom is 0.310 e. The number of carbonyl (C=O) groups excluding carboxylic acids is 1. The number of amides is 1. The molecule has 4 aromatic rings. The second-order valence-electron chi connectivity index (χ2n) is 7.23. The summed E-state index contributed by atoms with van der Waals surface area (Å²) in [6.45, 7) is 1.36. The second-order valence-corrected chi connectivity index (χ2v) is 8.17. The highest BCUT2D eigenvalue weighted by molar-refractivity contribution is 7.10. The van der Waals surface area contributed by atoms with Crippen molar-refractivity contribution in [1.29, 1.82) is 0 Å². The Kier molecular flexibility index (Phi) is 7.29. The van der Waals surface area contributed by atoms with Gasteiger partial charge in [-0.2, -0.15) is 0 Å². The number of nitrogens with zero attached hydrogens (tertiary/aromatic N) is 1. The van der Waals surface area contributed by atoms with Crippen LogP contribution < -0.4 is 5.32 Å². The van der Waals surface area contributed by atoms with E-state index in [1.807, 2.05) is 48.5 Å².